The van der Waals surface area contributed by atoms with E-state index < -0.39 is 0 Å². The Morgan fingerprint density at radius 2 is 2.36 bits per heavy atom. The van der Waals surface area contributed by atoms with Crippen molar-refractivity contribution in [1.82, 2.24) is 5.32 Å². The zero-order valence-corrected chi connectivity index (χ0v) is 7.69. The second-order valence-corrected chi connectivity index (χ2v) is 3.48. The van der Waals surface area contributed by atoms with Crippen LogP contribution in [0.2, 0.25) is 0 Å². The van der Waals surface area contributed by atoms with Crippen molar-refractivity contribution in [3.63, 3.8) is 0 Å². The van der Waals surface area contributed by atoms with E-state index in [0.717, 1.165) is 0 Å². The van der Waals surface area contributed by atoms with E-state index in [1.165, 1.54) is 32.1 Å². The summed E-state index contributed by atoms with van der Waals surface area (Å²) in [6.45, 7) is 2.24. The van der Waals surface area contributed by atoms with Gasteiger partial charge in [-0.25, -0.2) is 0 Å². The second kappa shape index (κ2) is 4.55. The third kappa shape index (κ3) is 3.06. The fourth-order valence-electron chi connectivity index (χ4n) is 1.27. The van der Waals surface area contributed by atoms with E-state index in [9.17, 15) is 0 Å². The van der Waals surface area contributed by atoms with Gasteiger partial charge in [-0.05, 0) is 46.1 Å². The van der Waals surface area contributed by atoms with Gasteiger partial charge in [-0.3, -0.25) is 0 Å². The molecule has 1 aliphatic carbocycles. The molecule has 0 saturated heterocycles. The van der Waals surface area contributed by atoms with Gasteiger partial charge in [-0.1, -0.05) is 11.6 Å². The molecule has 1 nitrogen and oxygen atoms in total. The highest BCUT2D eigenvalue weighted by Crippen LogP contribution is 2.25. The van der Waals surface area contributed by atoms with Crippen LogP contribution in [0.3, 0.4) is 0 Å². The third-order valence-electron chi connectivity index (χ3n) is 2.52. The summed E-state index contributed by atoms with van der Waals surface area (Å²) in [5, 5.41) is 3.25. The van der Waals surface area contributed by atoms with Crippen molar-refractivity contribution in [2.45, 2.75) is 45.1 Å². The van der Waals surface area contributed by atoms with Crippen molar-refractivity contribution < 1.29 is 1.43 Å². The van der Waals surface area contributed by atoms with Crippen LogP contribution in [0.25, 0.3) is 0 Å². The number of allylic oxidation sites excluding steroid dienone is 2. The minimum Gasteiger partial charge on any atom is -0.317 e. The maximum atomic E-state index is 3.25. The summed E-state index contributed by atoms with van der Waals surface area (Å²) in [6.07, 6.45) is 9.13. The van der Waals surface area contributed by atoms with Crippen molar-refractivity contribution in [1.29, 1.82) is 0 Å². The first-order valence-electron chi connectivity index (χ1n) is 4.68. The molecule has 1 heteroatoms. The van der Waals surface area contributed by atoms with Crippen molar-refractivity contribution in [2.75, 3.05) is 7.05 Å². The van der Waals surface area contributed by atoms with Crippen LogP contribution in [0.1, 0.15) is 40.5 Å². The average Bonchev–Trinajstić information content (AvgIpc) is 1.94. The first kappa shape index (κ1) is 8.79. The molecular weight excluding hydrogens is 134 g/mol. The molecule has 0 bridgehead atoms. The molecule has 0 aromatic heterocycles. The average molecular weight is 155 g/mol. The zero-order chi connectivity index (χ0) is 8.10. The van der Waals surface area contributed by atoms with Crippen LogP contribution in [-0.4, -0.2) is 13.1 Å². The molecule has 1 saturated carbocycles. The van der Waals surface area contributed by atoms with Crippen LogP contribution in [0.4, 0.5) is 0 Å². The Labute approximate surface area is 71.4 Å². The van der Waals surface area contributed by atoms with Gasteiger partial charge in [-0.2, -0.15) is 0 Å². The van der Waals surface area contributed by atoms with E-state index in [1.54, 1.807) is 5.57 Å². The van der Waals surface area contributed by atoms with Crippen LogP contribution >= 0.6 is 0 Å². The van der Waals surface area contributed by atoms with Crippen LogP contribution in [0.15, 0.2) is 11.6 Å². The van der Waals surface area contributed by atoms with Crippen LogP contribution < -0.4 is 5.32 Å². The lowest BCUT2D eigenvalue weighted by molar-refractivity contribution is 0.564. The molecule has 1 fully saturated rings. The molecule has 1 N–H and O–H groups in total. The summed E-state index contributed by atoms with van der Waals surface area (Å²) < 4.78 is 0. The lowest BCUT2D eigenvalue weighted by Crippen LogP contribution is -2.20. The summed E-state index contributed by atoms with van der Waals surface area (Å²) in [5.74, 6) is 0. The molecule has 1 atom stereocenters. The van der Waals surface area contributed by atoms with Gasteiger partial charge in [0.05, 0.1) is 0 Å². The smallest absolute Gasteiger partial charge is 0.00386 e. The maximum absolute atomic E-state index is 3.25. The molecule has 1 rings (SSSR count). The SMILES string of the molecule is CNC(C)CCC=C1CCC1.[HH]. The van der Waals surface area contributed by atoms with E-state index in [2.05, 4.69) is 18.3 Å². The van der Waals surface area contributed by atoms with Crippen molar-refractivity contribution in [2.24, 2.45) is 0 Å². The highest BCUT2D eigenvalue weighted by atomic mass is 14.8. The zero-order valence-electron chi connectivity index (χ0n) is 7.69. The maximum Gasteiger partial charge on any atom is 0.00386 e. The summed E-state index contributed by atoms with van der Waals surface area (Å²) in [6, 6.07) is 0.673. The topological polar surface area (TPSA) is 12.0 Å². The molecule has 0 heterocycles. The van der Waals surface area contributed by atoms with Gasteiger partial charge in [0.2, 0.25) is 0 Å². The van der Waals surface area contributed by atoms with E-state index in [1.807, 2.05) is 7.05 Å². The van der Waals surface area contributed by atoms with E-state index in [-0.39, 0.29) is 1.43 Å². The van der Waals surface area contributed by atoms with E-state index in [4.69, 9.17) is 0 Å². The lowest BCUT2D eigenvalue weighted by atomic mass is 9.91. The number of hydrogen-bond acceptors (Lipinski definition) is 1. The second-order valence-electron chi connectivity index (χ2n) is 3.48. The van der Waals surface area contributed by atoms with E-state index in [0.29, 0.717) is 6.04 Å². The van der Waals surface area contributed by atoms with Crippen molar-refractivity contribution >= 4 is 0 Å². The lowest BCUT2D eigenvalue weighted by Gasteiger charge is -2.16. The van der Waals surface area contributed by atoms with Crippen LogP contribution in [-0.2, 0) is 0 Å². The van der Waals surface area contributed by atoms with Gasteiger partial charge >= 0.3 is 0 Å². The molecule has 1 unspecified atom stereocenters. The Balaban J connectivity index is 0.00000121. The molecule has 0 aliphatic heterocycles. The highest BCUT2D eigenvalue weighted by Gasteiger charge is 2.06. The Hall–Kier alpha value is -0.300. The van der Waals surface area contributed by atoms with Crippen molar-refractivity contribution in [3.05, 3.63) is 11.6 Å². The largest absolute Gasteiger partial charge is 0.317 e. The normalized spacial score (nSPS) is 19.3. The predicted molar refractivity (Wildman–Crippen MR) is 51.8 cm³/mol. The van der Waals surface area contributed by atoms with Gasteiger partial charge < -0.3 is 5.32 Å². The van der Waals surface area contributed by atoms with Gasteiger partial charge in [0.25, 0.3) is 0 Å². The Kier molecular flexibility index (Phi) is 3.64. The minimum absolute atomic E-state index is 0. The minimum atomic E-state index is 0. The fourth-order valence-corrected chi connectivity index (χ4v) is 1.27. The van der Waals surface area contributed by atoms with Gasteiger partial charge in [-0.15, -0.1) is 0 Å². The third-order valence-corrected chi connectivity index (χ3v) is 2.52. The van der Waals surface area contributed by atoms with Gasteiger partial charge in [0, 0.05) is 7.47 Å². The molecule has 1 aliphatic rings. The fraction of sp³-hybridized carbons (Fsp3) is 0.800. The number of hydrogen-bond donors (Lipinski definition) is 1. The predicted octanol–water partition coefficient (Wildman–Crippen LogP) is 2.73. The van der Waals surface area contributed by atoms with Crippen LogP contribution in [0, 0.1) is 0 Å². The molecule has 0 radical (unpaired) electrons. The molecule has 0 spiro atoms. The summed E-state index contributed by atoms with van der Waals surface area (Å²) >= 11 is 0. The molecular formula is C10H21N. The molecule has 0 aromatic carbocycles. The standard InChI is InChI=1S/C10H19N.H2/c1-9(11-2)5-3-6-10-7-4-8-10;/h6,9,11H,3-5,7-8H2,1-2H3;1H. The van der Waals surface area contributed by atoms with Gasteiger partial charge in [0.15, 0.2) is 0 Å². The summed E-state index contributed by atoms with van der Waals surface area (Å²) in [5.41, 5.74) is 1.69. The Bertz CT molecular complexity index is 137. The number of nitrogens with one attached hydrogen (secondary N) is 1. The summed E-state index contributed by atoms with van der Waals surface area (Å²) in [4.78, 5) is 0. The monoisotopic (exact) mass is 155 g/mol. The first-order chi connectivity index (χ1) is 5.33. The number of rotatable bonds is 4. The summed E-state index contributed by atoms with van der Waals surface area (Å²) in [7, 11) is 2.03. The van der Waals surface area contributed by atoms with E-state index >= 15 is 0 Å². The Morgan fingerprint density at radius 3 is 2.82 bits per heavy atom. The van der Waals surface area contributed by atoms with Gasteiger partial charge in [0.1, 0.15) is 0 Å². The van der Waals surface area contributed by atoms with Crippen LogP contribution in [0.5, 0.6) is 0 Å². The molecule has 0 aromatic rings. The molecule has 0 amide bonds. The quantitative estimate of drug-likeness (QED) is 0.615. The molecule has 66 valence electrons. The van der Waals surface area contributed by atoms with Crippen molar-refractivity contribution in [3.8, 4) is 0 Å². The first-order valence-corrected chi connectivity index (χ1v) is 4.68. The Morgan fingerprint density at radius 1 is 1.64 bits per heavy atom. The highest BCUT2D eigenvalue weighted by molar-refractivity contribution is 5.09. The molecule has 11 heavy (non-hydrogen) atoms.